The van der Waals surface area contributed by atoms with Crippen LogP contribution in [0.4, 0.5) is 0 Å². The standard InChI is InChI=1S/C13H27NS/c1-12(2,3)14-9-7-11(8-10-14)13(4,5)15-6/h11H,7-10H2,1-6H3. The van der Waals surface area contributed by atoms with Gasteiger partial charge in [-0.25, -0.2) is 0 Å². The van der Waals surface area contributed by atoms with E-state index in [4.69, 9.17) is 0 Å². The maximum atomic E-state index is 2.62. The molecule has 0 bridgehead atoms. The molecule has 1 nitrogen and oxygen atoms in total. The predicted molar refractivity (Wildman–Crippen MR) is 71.6 cm³/mol. The SMILES string of the molecule is CSC(C)(C)C1CCN(C(C)(C)C)CC1. The fraction of sp³-hybridized carbons (Fsp3) is 1.00. The van der Waals surface area contributed by atoms with Gasteiger partial charge in [-0.3, -0.25) is 4.90 Å². The lowest BCUT2D eigenvalue weighted by Crippen LogP contribution is -2.48. The van der Waals surface area contributed by atoms with Gasteiger partial charge in [0.25, 0.3) is 0 Å². The Balaban J connectivity index is 2.50. The Morgan fingerprint density at radius 2 is 1.47 bits per heavy atom. The molecule has 1 heterocycles. The first kappa shape index (κ1) is 13.4. The van der Waals surface area contributed by atoms with Crippen LogP contribution < -0.4 is 0 Å². The van der Waals surface area contributed by atoms with Crippen LogP contribution in [0.15, 0.2) is 0 Å². The minimum Gasteiger partial charge on any atom is -0.298 e. The van der Waals surface area contributed by atoms with Crippen LogP contribution in [0.1, 0.15) is 47.5 Å². The van der Waals surface area contributed by atoms with Crippen molar-refractivity contribution in [3.63, 3.8) is 0 Å². The fourth-order valence-corrected chi connectivity index (χ4v) is 2.98. The van der Waals surface area contributed by atoms with E-state index in [9.17, 15) is 0 Å². The molecule has 0 unspecified atom stereocenters. The molecular formula is C13H27NS. The van der Waals surface area contributed by atoms with Crippen molar-refractivity contribution in [3.8, 4) is 0 Å². The fourth-order valence-electron chi connectivity index (χ4n) is 2.41. The van der Waals surface area contributed by atoms with Gasteiger partial charge in [0.15, 0.2) is 0 Å². The summed E-state index contributed by atoms with van der Waals surface area (Å²) in [4.78, 5) is 2.62. The Bertz CT molecular complexity index is 197. The number of rotatable bonds is 2. The van der Waals surface area contributed by atoms with Gasteiger partial charge in [-0.1, -0.05) is 13.8 Å². The van der Waals surface area contributed by atoms with E-state index in [1.807, 2.05) is 11.8 Å². The molecular weight excluding hydrogens is 202 g/mol. The zero-order chi connectivity index (χ0) is 11.7. The van der Waals surface area contributed by atoms with Crippen molar-refractivity contribution in [2.24, 2.45) is 5.92 Å². The summed E-state index contributed by atoms with van der Waals surface area (Å²) in [6.45, 7) is 14.3. The zero-order valence-corrected chi connectivity index (χ0v) is 12.1. The third kappa shape index (κ3) is 3.39. The van der Waals surface area contributed by atoms with Gasteiger partial charge in [0.05, 0.1) is 0 Å². The summed E-state index contributed by atoms with van der Waals surface area (Å²) in [6.07, 6.45) is 4.98. The number of likely N-dealkylation sites (tertiary alicyclic amines) is 1. The van der Waals surface area contributed by atoms with Crippen molar-refractivity contribution in [3.05, 3.63) is 0 Å². The highest BCUT2D eigenvalue weighted by atomic mass is 32.2. The molecule has 0 atom stereocenters. The summed E-state index contributed by atoms with van der Waals surface area (Å²) in [6, 6.07) is 0. The largest absolute Gasteiger partial charge is 0.298 e. The summed E-state index contributed by atoms with van der Waals surface area (Å²) >= 11 is 2.02. The molecule has 0 aromatic rings. The van der Waals surface area contributed by atoms with Crippen LogP contribution in [0.5, 0.6) is 0 Å². The Labute approximate surface area is 100.0 Å². The van der Waals surface area contributed by atoms with E-state index in [0.29, 0.717) is 10.3 Å². The van der Waals surface area contributed by atoms with E-state index in [1.165, 1.54) is 25.9 Å². The van der Waals surface area contributed by atoms with E-state index in [2.05, 4.69) is 45.8 Å². The first-order valence-corrected chi connectivity index (χ1v) is 7.30. The molecule has 0 aromatic carbocycles. The second kappa shape index (κ2) is 4.67. The number of hydrogen-bond acceptors (Lipinski definition) is 2. The summed E-state index contributed by atoms with van der Waals surface area (Å²) in [5.41, 5.74) is 0.356. The summed E-state index contributed by atoms with van der Waals surface area (Å²) in [5.74, 6) is 0.895. The van der Waals surface area contributed by atoms with Gasteiger partial charge in [-0.05, 0) is 58.9 Å². The monoisotopic (exact) mass is 229 g/mol. The highest BCUT2D eigenvalue weighted by Crippen LogP contribution is 2.38. The molecule has 0 N–H and O–H groups in total. The molecule has 1 rings (SSSR count). The van der Waals surface area contributed by atoms with Gasteiger partial charge in [0, 0.05) is 10.3 Å². The quantitative estimate of drug-likeness (QED) is 0.711. The Morgan fingerprint density at radius 1 is 1.00 bits per heavy atom. The smallest absolute Gasteiger partial charge is 0.0130 e. The average molecular weight is 229 g/mol. The molecule has 0 aliphatic carbocycles. The Hall–Kier alpha value is 0.310. The Kier molecular flexibility index (Phi) is 4.16. The van der Waals surface area contributed by atoms with E-state index in [-0.39, 0.29) is 0 Å². The lowest BCUT2D eigenvalue weighted by Gasteiger charge is -2.44. The van der Waals surface area contributed by atoms with Crippen LogP contribution >= 0.6 is 11.8 Å². The highest BCUT2D eigenvalue weighted by Gasteiger charge is 2.34. The predicted octanol–water partition coefficient (Wildman–Crippen LogP) is 3.64. The van der Waals surface area contributed by atoms with Crippen molar-refractivity contribution in [1.82, 2.24) is 4.90 Å². The van der Waals surface area contributed by atoms with E-state index in [0.717, 1.165) is 5.92 Å². The van der Waals surface area contributed by atoms with Crippen LogP contribution in [0.2, 0.25) is 0 Å². The maximum absolute atomic E-state index is 2.62. The number of piperidine rings is 1. The molecule has 0 amide bonds. The molecule has 0 spiro atoms. The highest BCUT2D eigenvalue weighted by molar-refractivity contribution is 7.99. The normalized spacial score (nSPS) is 22.0. The van der Waals surface area contributed by atoms with Crippen LogP contribution in [-0.2, 0) is 0 Å². The second-order valence-electron chi connectivity index (χ2n) is 6.24. The molecule has 2 heteroatoms. The summed E-state index contributed by atoms with van der Waals surface area (Å²) in [7, 11) is 0. The molecule has 15 heavy (non-hydrogen) atoms. The topological polar surface area (TPSA) is 3.24 Å². The van der Waals surface area contributed by atoms with E-state index >= 15 is 0 Å². The second-order valence-corrected chi connectivity index (χ2v) is 7.70. The lowest BCUT2D eigenvalue weighted by molar-refractivity contribution is 0.0801. The third-order valence-electron chi connectivity index (χ3n) is 3.95. The Morgan fingerprint density at radius 3 is 1.80 bits per heavy atom. The minimum atomic E-state index is 0.356. The van der Waals surface area contributed by atoms with Crippen LogP contribution in [0.25, 0.3) is 0 Å². The molecule has 1 aliphatic heterocycles. The lowest BCUT2D eigenvalue weighted by atomic mass is 9.84. The van der Waals surface area contributed by atoms with Gasteiger partial charge in [0.1, 0.15) is 0 Å². The third-order valence-corrected chi connectivity index (χ3v) is 5.34. The van der Waals surface area contributed by atoms with Gasteiger partial charge in [0.2, 0.25) is 0 Å². The molecule has 0 radical (unpaired) electrons. The molecule has 1 saturated heterocycles. The summed E-state index contributed by atoms with van der Waals surface area (Å²) < 4.78 is 0.462. The van der Waals surface area contributed by atoms with Crippen LogP contribution in [0, 0.1) is 5.92 Å². The zero-order valence-electron chi connectivity index (χ0n) is 11.3. The van der Waals surface area contributed by atoms with Gasteiger partial charge >= 0.3 is 0 Å². The average Bonchev–Trinajstić information content (AvgIpc) is 2.17. The van der Waals surface area contributed by atoms with Crippen LogP contribution in [0.3, 0.4) is 0 Å². The molecule has 1 fully saturated rings. The van der Waals surface area contributed by atoms with E-state index < -0.39 is 0 Å². The van der Waals surface area contributed by atoms with Crippen molar-refractivity contribution in [2.45, 2.75) is 57.7 Å². The van der Waals surface area contributed by atoms with Crippen molar-refractivity contribution in [2.75, 3.05) is 19.3 Å². The van der Waals surface area contributed by atoms with Gasteiger partial charge < -0.3 is 0 Å². The number of hydrogen-bond donors (Lipinski definition) is 0. The van der Waals surface area contributed by atoms with Crippen molar-refractivity contribution in [1.29, 1.82) is 0 Å². The molecule has 0 aromatic heterocycles. The minimum absolute atomic E-state index is 0.356. The molecule has 1 aliphatic rings. The molecule has 0 saturated carbocycles. The van der Waals surface area contributed by atoms with Crippen molar-refractivity contribution >= 4 is 11.8 Å². The maximum Gasteiger partial charge on any atom is 0.0130 e. The van der Waals surface area contributed by atoms with E-state index in [1.54, 1.807) is 0 Å². The van der Waals surface area contributed by atoms with Crippen molar-refractivity contribution < 1.29 is 0 Å². The number of nitrogens with zero attached hydrogens (tertiary/aromatic N) is 1. The van der Waals surface area contributed by atoms with Gasteiger partial charge in [-0.15, -0.1) is 0 Å². The van der Waals surface area contributed by atoms with Gasteiger partial charge in [-0.2, -0.15) is 11.8 Å². The molecule has 90 valence electrons. The summed E-state index contributed by atoms with van der Waals surface area (Å²) in [5, 5.41) is 0. The first-order chi connectivity index (χ1) is 6.77. The number of thioether (sulfide) groups is 1. The van der Waals surface area contributed by atoms with Crippen LogP contribution in [-0.4, -0.2) is 34.5 Å². The first-order valence-electron chi connectivity index (χ1n) is 6.07.